The first-order valence-electron chi connectivity index (χ1n) is 13.6. The topological polar surface area (TPSA) is 136 Å². The molecule has 0 spiro atoms. The number of carbonyl (C=O) groups is 3. The number of esters is 2. The third-order valence-corrected chi connectivity index (χ3v) is 7.89. The molecule has 0 saturated carbocycles. The number of fused-ring (bicyclic) bond motifs is 5. The molecule has 0 amide bonds. The van der Waals surface area contributed by atoms with Crippen LogP contribution in [-0.2, 0) is 15.9 Å². The molecule has 0 atom stereocenters. The lowest BCUT2D eigenvalue weighted by Crippen LogP contribution is -2.07. The van der Waals surface area contributed by atoms with E-state index in [1.165, 1.54) is 6.92 Å². The molecule has 1 aliphatic rings. The van der Waals surface area contributed by atoms with E-state index in [2.05, 4.69) is 15.0 Å². The molecule has 0 fully saturated rings. The number of carbonyl (C=O) groups excluding carboxylic acids is 3. The summed E-state index contributed by atoms with van der Waals surface area (Å²) in [6.07, 6.45) is 0.270. The maximum Gasteiger partial charge on any atom is 0.355 e. The van der Waals surface area contributed by atoms with E-state index in [0.717, 1.165) is 49.4 Å². The average molecular weight is 558 g/mol. The quantitative estimate of drug-likeness (QED) is 0.167. The Bertz CT molecular complexity index is 1920. The van der Waals surface area contributed by atoms with Crippen LogP contribution in [0.5, 0.6) is 11.5 Å². The fourth-order valence-corrected chi connectivity index (χ4v) is 6.15. The summed E-state index contributed by atoms with van der Waals surface area (Å²) in [5, 5.41) is 2.72. The molecule has 0 saturated heterocycles. The standard InChI is InChI=1S/C31H31N3O7/c1-7-38-30(36)27-15(5)24(16(6)35)20(33-27)9-18-25-17-10-21-22(41-12-40-21)11-19(17)32-26(25)13(3)23-14(4)28(34-29(18)23)31(37)39-8-2/h10-11,32-34H,7-9,12H2,1-6H3. The zero-order valence-corrected chi connectivity index (χ0v) is 23.8. The van der Waals surface area contributed by atoms with Crippen LogP contribution in [0.2, 0.25) is 0 Å². The number of rotatable bonds is 7. The molecule has 1 aliphatic heterocycles. The Kier molecular flexibility index (Phi) is 6.28. The summed E-state index contributed by atoms with van der Waals surface area (Å²) in [6, 6.07) is 3.87. The second-order valence-electron chi connectivity index (χ2n) is 10.3. The number of hydrogen-bond donors (Lipinski definition) is 3. The average Bonchev–Trinajstić information content (AvgIpc) is 3.68. The lowest BCUT2D eigenvalue weighted by atomic mass is 9.93. The molecule has 2 aromatic carbocycles. The van der Waals surface area contributed by atoms with Gasteiger partial charge in [0.1, 0.15) is 11.4 Å². The number of nitrogens with one attached hydrogen (secondary N) is 3. The molecular formula is C31H31N3O7. The Morgan fingerprint density at radius 1 is 0.805 bits per heavy atom. The van der Waals surface area contributed by atoms with Crippen molar-refractivity contribution in [2.24, 2.45) is 0 Å². The number of aromatic amines is 3. The van der Waals surface area contributed by atoms with Crippen molar-refractivity contribution >= 4 is 50.4 Å². The minimum absolute atomic E-state index is 0.148. The number of aryl methyl sites for hydroxylation is 2. The van der Waals surface area contributed by atoms with Crippen molar-refractivity contribution in [1.82, 2.24) is 15.0 Å². The van der Waals surface area contributed by atoms with Crippen LogP contribution in [0, 0.1) is 20.8 Å². The smallest absolute Gasteiger partial charge is 0.355 e. The molecule has 10 nitrogen and oxygen atoms in total. The first kappa shape index (κ1) is 26.5. The molecule has 6 rings (SSSR count). The third kappa shape index (κ3) is 3.96. The van der Waals surface area contributed by atoms with Gasteiger partial charge in [-0.25, -0.2) is 9.59 Å². The fourth-order valence-electron chi connectivity index (χ4n) is 6.15. The first-order chi connectivity index (χ1) is 19.7. The third-order valence-electron chi connectivity index (χ3n) is 7.89. The van der Waals surface area contributed by atoms with Gasteiger partial charge in [-0.05, 0) is 69.9 Å². The summed E-state index contributed by atoms with van der Waals surface area (Å²) in [5.74, 6) is 0.182. The van der Waals surface area contributed by atoms with Crippen molar-refractivity contribution < 1.29 is 33.3 Å². The molecule has 3 aromatic heterocycles. The normalized spacial score (nSPS) is 12.5. The highest BCUT2D eigenvalue weighted by Gasteiger charge is 2.28. The molecule has 212 valence electrons. The molecule has 5 aromatic rings. The van der Waals surface area contributed by atoms with Crippen molar-refractivity contribution in [3.63, 3.8) is 0 Å². The van der Waals surface area contributed by atoms with E-state index in [4.69, 9.17) is 18.9 Å². The van der Waals surface area contributed by atoms with Gasteiger partial charge in [-0.3, -0.25) is 4.79 Å². The van der Waals surface area contributed by atoms with Crippen molar-refractivity contribution in [1.29, 1.82) is 0 Å². The van der Waals surface area contributed by atoms with Crippen LogP contribution in [0.1, 0.15) is 80.1 Å². The SMILES string of the molecule is CCOC(=O)c1[nH]c(Cc2c3[nH]c(C(=O)OCC)c(C)c3c(C)c3[nH]c4cc5c(cc4c23)OCO5)c(C(C)=O)c1C. The van der Waals surface area contributed by atoms with Crippen LogP contribution in [0.15, 0.2) is 12.1 Å². The summed E-state index contributed by atoms with van der Waals surface area (Å²) in [4.78, 5) is 48.7. The summed E-state index contributed by atoms with van der Waals surface area (Å²) >= 11 is 0. The molecule has 4 heterocycles. The highest BCUT2D eigenvalue weighted by atomic mass is 16.7. The second-order valence-corrected chi connectivity index (χ2v) is 10.3. The fraction of sp³-hybridized carbons (Fsp3) is 0.323. The van der Waals surface area contributed by atoms with Gasteiger partial charge in [0, 0.05) is 39.9 Å². The van der Waals surface area contributed by atoms with Gasteiger partial charge in [0.25, 0.3) is 0 Å². The van der Waals surface area contributed by atoms with Gasteiger partial charge in [-0.1, -0.05) is 0 Å². The molecule has 3 N–H and O–H groups in total. The minimum Gasteiger partial charge on any atom is -0.461 e. The lowest BCUT2D eigenvalue weighted by molar-refractivity contribution is 0.0510. The number of benzene rings is 2. The van der Waals surface area contributed by atoms with E-state index < -0.39 is 11.9 Å². The lowest BCUT2D eigenvalue weighted by Gasteiger charge is -2.11. The van der Waals surface area contributed by atoms with Crippen LogP contribution < -0.4 is 9.47 Å². The Morgan fingerprint density at radius 2 is 1.44 bits per heavy atom. The largest absolute Gasteiger partial charge is 0.461 e. The van der Waals surface area contributed by atoms with Gasteiger partial charge in [-0.2, -0.15) is 0 Å². The minimum atomic E-state index is -0.516. The van der Waals surface area contributed by atoms with Crippen LogP contribution in [-0.4, -0.2) is 52.7 Å². The van der Waals surface area contributed by atoms with Gasteiger partial charge in [0.2, 0.25) is 6.79 Å². The molecule has 10 heteroatoms. The molecule has 0 radical (unpaired) electrons. The van der Waals surface area contributed by atoms with E-state index in [0.29, 0.717) is 34.0 Å². The predicted octanol–water partition coefficient (Wildman–Crippen LogP) is 5.93. The molecule has 0 unspecified atom stereocenters. The number of aromatic nitrogens is 3. The molecule has 0 bridgehead atoms. The Hall–Kier alpha value is -4.73. The summed E-state index contributed by atoms with van der Waals surface area (Å²) < 4.78 is 21.9. The summed E-state index contributed by atoms with van der Waals surface area (Å²) in [6.45, 7) is 11.2. The van der Waals surface area contributed by atoms with E-state index in [1.54, 1.807) is 20.8 Å². The maximum absolute atomic E-state index is 12.9. The molecule has 41 heavy (non-hydrogen) atoms. The summed E-state index contributed by atoms with van der Waals surface area (Å²) in [7, 11) is 0. The number of hydrogen-bond acceptors (Lipinski definition) is 7. The number of ketones is 1. The predicted molar refractivity (Wildman–Crippen MR) is 154 cm³/mol. The van der Waals surface area contributed by atoms with E-state index in [-0.39, 0.29) is 37.9 Å². The zero-order valence-electron chi connectivity index (χ0n) is 23.8. The van der Waals surface area contributed by atoms with Gasteiger partial charge in [0.05, 0.1) is 29.8 Å². The van der Waals surface area contributed by atoms with Crippen LogP contribution >= 0.6 is 0 Å². The highest BCUT2D eigenvalue weighted by Crippen LogP contribution is 2.44. The second kappa shape index (κ2) is 9.72. The monoisotopic (exact) mass is 557 g/mol. The van der Waals surface area contributed by atoms with Gasteiger partial charge >= 0.3 is 11.9 Å². The van der Waals surface area contributed by atoms with Crippen molar-refractivity contribution in [3.8, 4) is 11.5 Å². The highest BCUT2D eigenvalue weighted by molar-refractivity contribution is 6.18. The van der Waals surface area contributed by atoms with Crippen molar-refractivity contribution in [2.75, 3.05) is 20.0 Å². The molecule has 0 aliphatic carbocycles. The summed E-state index contributed by atoms with van der Waals surface area (Å²) in [5.41, 5.74) is 7.31. The van der Waals surface area contributed by atoms with Gasteiger partial charge in [-0.15, -0.1) is 0 Å². The number of Topliss-reactive ketones (excluding diaryl/α,β-unsaturated/α-hetero) is 1. The Labute approximate surface area is 235 Å². The van der Waals surface area contributed by atoms with E-state index in [9.17, 15) is 14.4 Å². The van der Waals surface area contributed by atoms with Crippen LogP contribution in [0.3, 0.4) is 0 Å². The van der Waals surface area contributed by atoms with Crippen molar-refractivity contribution in [2.45, 2.75) is 48.0 Å². The van der Waals surface area contributed by atoms with Crippen LogP contribution in [0.25, 0.3) is 32.7 Å². The zero-order chi connectivity index (χ0) is 29.2. The van der Waals surface area contributed by atoms with Gasteiger partial charge in [0.15, 0.2) is 17.3 Å². The van der Waals surface area contributed by atoms with E-state index in [1.807, 2.05) is 26.0 Å². The van der Waals surface area contributed by atoms with Crippen molar-refractivity contribution in [3.05, 3.63) is 57.0 Å². The van der Waals surface area contributed by atoms with Gasteiger partial charge < -0.3 is 33.9 Å². The number of ether oxygens (including phenoxy) is 4. The van der Waals surface area contributed by atoms with E-state index >= 15 is 0 Å². The van der Waals surface area contributed by atoms with Crippen LogP contribution in [0.4, 0.5) is 0 Å². The number of H-pyrrole nitrogens is 3. The molecular weight excluding hydrogens is 526 g/mol. The Morgan fingerprint density at radius 3 is 2.07 bits per heavy atom. The maximum atomic E-state index is 12.9. The Balaban J connectivity index is 1.69. The first-order valence-corrected chi connectivity index (χ1v) is 13.6.